The van der Waals surface area contributed by atoms with E-state index in [0.717, 1.165) is 12.8 Å². The highest BCUT2D eigenvalue weighted by molar-refractivity contribution is 7.80. The van der Waals surface area contributed by atoms with Crippen LogP contribution in [0.3, 0.4) is 0 Å². The van der Waals surface area contributed by atoms with Crippen LogP contribution in [0.5, 0.6) is 0 Å². The Morgan fingerprint density at radius 3 is 1.41 bits per heavy atom. The molecule has 0 bridgehead atoms. The van der Waals surface area contributed by atoms with Crippen molar-refractivity contribution in [3.63, 3.8) is 0 Å². The summed E-state index contributed by atoms with van der Waals surface area (Å²) in [7, 11) is -4.49. The molecule has 1 aromatic rings. The number of hydrogen-bond donors (Lipinski definition) is 0. The highest BCUT2D eigenvalue weighted by Crippen LogP contribution is 2.12. The van der Waals surface area contributed by atoms with E-state index in [0.29, 0.717) is 6.42 Å². The molecule has 0 spiro atoms. The van der Waals surface area contributed by atoms with E-state index in [9.17, 15) is 13.0 Å². The molecule has 158 valence electrons. The van der Waals surface area contributed by atoms with Crippen molar-refractivity contribution in [2.24, 2.45) is 0 Å². The van der Waals surface area contributed by atoms with Gasteiger partial charge in [-0.15, -0.1) is 0 Å². The predicted octanol–water partition coefficient (Wildman–Crippen LogP) is 5.45. The highest BCUT2D eigenvalue weighted by Gasteiger charge is 1.96. The first-order valence-corrected chi connectivity index (χ1v) is 11.9. The second kappa shape index (κ2) is 19.8. The van der Waals surface area contributed by atoms with Crippen molar-refractivity contribution in [1.82, 2.24) is 0 Å². The second-order valence-corrected chi connectivity index (χ2v) is 7.96. The van der Waals surface area contributed by atoms with E-state index in [-0.39, 0.29) is 6.61 Å². The van der Waals surface area contributed by atoms with Gasteiger partial charge in [-0.1, -0.05) is 96.5 Å². The van der Waals surface area contributed by atoms with E-state index in [1.165, 1.54) is 70.6 Å². The first kappa shape index (κ1) is 26.0. The number of hydrogen-bond acceptors (Lipinski definition) is 4. The topological polar surface area (TPSA) is 80.6 Å². The van der Waals surface area contributed by atoms with Crippen LogP contribution in [0.4, 0.5) is 0 Å². The van der Waals surface area contributed by atoms with Crippen LogP contribution in [-0.2, 0) is 14.6 Å². The van der Waals surface area contributed by atoms with E-state index < -0.39 is 10.4 Å². The number of H-pyrrole nitrogens is 1. The van der Waals surface area contributed by atoms with Crippen molar-refractivity contribution in [2.45, 2.75) is 96.8 Å². The van der Waals surface area contributed by atoms with Gasteiger partial charge in [0, 0.05) is 12.1 Å². The zero-order chi connectivity index (χ0) is 20.1. The molecule has 0 atom stereocenters. The molecule has 1 aromatic heterocycles. The lowest BCUT2D eigenvalue weighted by molar-refractivity contribution is -0.377. The molecule has 27 heavy (non-hydrogen) atoms. The molecule has 0 saturated carbocycles. The summed E-state index contributed by atoms with van der Waals surface area (Å²) in [5.41, 5.74) is 0. The van der Waals surface area contributed by atoms with Gasteiger partial charge in [0.1, 0.15) is 0 Å². The van der Waals surface area contributed by atoms with Crippen LogP contribution in [0.25, 0.3) is 0 Å². The van der Waals surface area contributed by atoms with Gasteiger partial charge in [0.25, 0.3) is 0 Å². The van der Waals surface area contributed by atoms with E-state index in [2.05, 4.69) is 16.1 Å². The number of aromatic amines is 1. The minimum Gasteiger partial charge on any atom is -0.726 e. The maximum absolute atomic E-state index is 10.2. The zero-order valence-corrected chi connectivity index (χ0v) is 17.9. The molecule has 0 amide bonds. The van der Waals surface area contributed by atoms with Crippen LogP contribution in [0.15, 0.2) is 30.6 Å². The third kappa shape index (κ3) is 25.0. The Morgan fingerprint density at radius 2 is 1.11 bits per heavy atom. The van der Waals surface area contributed by atoms with Gasteiger partial charge in [0.15, 0.2) is 12.4 Å². The van der Waals surface area contributed by atoms with E-state index in [4.69, 9.17) is 0 Å². The summed E-state index contributed by atoms with van der Waals surface area (Å²) in [6, 6.07) is 5.86. The molecule has 0 radical (unpaired) electrons. The fraction of sp³-hybridized carbons (Fsp3) is 0.762. The van der Waals surface area contributed by atoms with Crippen molar-refractivity contribution < 1.29 is 22.1 Å². The summed E-state index contributed by atoms with van der Waals surface area (Å²) < 4.78 is 34.7. The molecule has 0 aliphatic carbocycles. The summed E-state index contributed by atoms with van der Waals surface area (Å²) >= 11 is 0. The van der Waals surface area contributed by atoms with Gasteiger partial charge in [-0.25, -0.2) is 13.4 Å². The molecule has 1 rings (SSSR count). The van der Waals surface area contributed by atoms with Gasteiger partial charge in [-0.05, 0) is 6.42 Å². The van der Waals surface area contributed by atoms with E-state index in [1.54, 1.807) is 0 Å². The van der Waals surface area contributed by atoms with Crippen LogP contribution in [0, 0.1) is 0 Å². The Kier molecular flexibility index (Phi) is 19.1. The summed E-state index contributed by atoms with van der Waals surface area (Å²) in [5, 5.41) is 0. The summed E-state index contributed by atoms with van der Waals surface area (Å²) in [6.45, 7) is 2.28. The van der Waals surface area contributed by atoms with Crippen LogP contribution >= 0.6 is 0 Å². The minimum atomic E-state index is -4.49. The second-order valence-electron chi connectivity index (χ2n) is 6.90. The third-order valence-corrected chi connectivity index (χ3v) is 4.79. The lowest BCUT2D eigenvalue weighted by Gasteiger charge is -2.07. The number of nitrogens with one attached hydrogen (secondary N) is 1. The molecule has 1 heterocycles. The fourth-order valence-electron chi connectivity index (χ4n) is 2.80. The summed E-state index contributed by atoms with van der Waals surface area (Å²) in [5.74, 6) is 0. The molecule has 0 aliphatic rings. The SMILES string of the molecule is CCCCCCCCCCCCCCCCOS(=O)(=O)[O-].c1cc[nH+]cc1. The maximum Gasteiger partial charge on any atom is 0.217 e. The first-order valence-electron chi connectivity index (χ1n) is 10.6. The normalized spacial score (nSPS) is 11.0. The first-order chi connectivity index (χ1) is 13.1. The van der Waals surface area contributed by atoms with Gasteiger partial charge in [-0.3, -0.25) is 4.18 Å². The van der Waals surface area contributed by atoms with Crippen molar-refractivity contribution in [3.8, 4) is 0 Å². The molecule has 0 unspecified atom stereocenters. The van der Waals surface area contributed by atoms with Crippen LogP contribution in [-0.4, -0.2) is 19.6 Å². The van der Waals surface area contributed by atoms with Crippen molar-refractivity contribution in [3.05, 3.63) is 30.6 Å². The Hall–Kier alpha value is -0.980. The average molecular weight is 402 g/mol. The largest absolute Gasteiger partial charge is 0.726 e. The Bertz CT molecular complexity index is 467. The Morgan fingerprint density at radius 1 is 0.704 bits per heavy atom. The monoisotopic (exact) mass is 401 g/mol. The van der Waals surface area contributed by atoms with Gasteiger partial charge in [0.05, 0.1) is 6.61 Å². The van der Waals surface area contributed by atoms with Crippen molar-refractivity contribution in [2.75, 3.05) is 6.61 Å². The Labute approximate surface area is 166 Å². The molecule has 0 aromatic carbocycles. The fourth-order valence-corrected chi connectivity index (χ4v) is 3.12. The molecule has 1 N–H and O–H groups in total. The Balaban J connectivity index is 0.000000941. The molecular formula is C21H39NO4S. The third-order valence-electron chi connectivity index (χ3n) is 4.33. The highest BCUT2D eigenvalue weighted by atomic mass is 32.3. The van der Waals surface area contributed by atoms with Crippen LogP contribution in [0.2, 0.25) is 0 Å². The molecular weight excluding hydrogens is 362 g/mol. The molecule has 0 saturated heterocycles. The molecule has 5 nitrogen and oxygen atoms in total. The number of unbranched alkanes of at least 4 members (excludes halogenated alkanes) is 13. The lowest BCUT2D eigenvalue weighted by atomic mass is 10.0. The van der Waals surface area contributed by atoms with Crippen molar-refractivity contribution in [1.29, 1.82) is 0 Å². The smallest absolute Gasteiger partial charge is 0.217 e. The van der Waals surface area contributed by atoms with Gasteiger partial charge in [-0.2, -0.15) is 0 Å². The van der Waals surface area contributed by atoms with Gasteiger partial charge in [0.2, 0.25) is 10.4 Å². The van der Waals surface area contributed by atoms with Crippen LogP contribution < -0.4 is 4.98 Å². The number of pyridine rings is 1. The van der Waals surface area contributed by atoms with Crippen LogP contribution in [0.1, 0.15) is 96.8 Å². The summed E-state index contributed by atoms with van der Waals surface area (Å²) in [6.07, 6.45) is 21.2. The molecule has 6 heteroatoms. The average Bonchev–Trinajstić information content (AvgIpc) is 2.66. The quantitative estimate of drug-likeness (QED) is 0.210. The summed E-state index contributed by atoms with van der Waals surface area (Å²) in [4.78, 5) is 2.89. The maximum atomic E-state index is 10.2. The van der Waals surface area contributed by atoms with E-state index in [1.807, 2.05) is 30.6 Å². The van der Waals surface area contributed by atoms with Crippen molar-refractivity contribution >= 4 is 10.4 Å². The lowest BCUT2D eigenvalue weighted by Crippen LogP contribution is -2.05. The predicted molar refractivity (Wildman–Crippen MR) is 109 cm³/mol. The molecule has 0 aliphatic heterocycles. The molecule has 0 fully saturated rings. The minimum absolute atomic E-state index is 0.0316. The zero-order valence-electron chi connectivity index (χ0n) is 17.0. The number of aromatic nitrogens is 1. The number of rotatable bonds is 16. The van der Waals surface area contributed by atoms with E-state index >= 15 is 0 Å². The standard InChI is InChI=1S/C16H34O4S.C5H5N/c1-2-3-4-5-6-7-8-9-10-11-12-13-14-15-16-20-21(17,18)19;1-2-4-6-5-3-1/h2-16H2,1H3,(H,17,18,19);1-5H. The van der Waals surface area contributed by atoms with Gasteiger partial charge < -0.3 is 4.55 Å². The van der Waals surface area contributed by atoms with Gasteiger partial charge >= 0.3 is 0 Å².